The summed E-state index contributed by atoms with van der Waals surface area (Å²) in [4.78, 5) is 0. The molecule has 21 heavy (non-hydrogen) atoms. The lowest BCUT2D eigenvalue weighted by Crippen LogP contribution is -2.22. The van der Waals surface area contributed by atoms with Gasteiger partial charge < -0.3 is 5.32 Å². The summed E-state index contributed by atoms with van der Waals surface area (Å²) < 4.78 is 14.3. The van der Waals surface area contributed by atoms with E-state index in [1.807, 2.05) is 31.2 Å². The van der Waals surface area contributed by atoms with Crippen molar-refractivity contribution in [2.75, 3.05) is 6.54 Å². The molecule has 1 nitrogen and oxygen atoms in total. The smallest absolute Gasteiger partial charge is 0.130 e. The maximum absolute atomic E-state index is 14.3. The Bertz CT molecular complexity index is 551. The van der Waals surface area contributed by atoms with Crippen LogP contribution >= 0.6 is 0 Å². The molecule has 2 rings (SSSR count). The number of halogens is 1. The van der Waals surface area contributed by atoms with E-state index in [1.165, 1.54) is 5.56 Å². The van der Waals surface area contributed by atoms with Gasteiger partial charge in [0.2, 0.25) is 0 Å². The predicted molar refractivity (Wildman–Crippen MR) is 86.9 cm³/mol. The fourth-order valence-electron chi connectivity index (χ4n) is 2.71. The third kappa shape index (κ3) is 4.40. The second-order valence-electron chi connectivity index (χ2n) is 5.47. The van der Waals surface area contributed by atoms with Gasteiger partial charge in [-0.25, -0.2) is 4.39 Å². The molecule has 0 saturated carbocycles. The second-order valence-corrected chi connectivity index (χ2v) is 5.47. The van der Waals surface area contributed by atoms with Gasteiger partial charge >= 0.3 is 0 Å². The third-order valence-corrected chi connectivity index (χ3v) is 3.85. The van der Waals surface area contributed by atoms with Crippen LogP contribution in [0, 0.1) is 12.7 Å². The van der Waals surface area contributed by atoms with Crippen LogP contribution in [-0.4, -0.2) is 6.54 Å². The molecule has 0 bridgehead atoms. The number of hydrogen-bond acceptors (Lipinski definition) is 1. The molecule has 0 aliphatic carbocycles. The molecule has 0 aliphatic heterocycles. The minimum absolute atomic E-state index is 0.0665. The lowest BCUT2D eigenvalue weighted by Gasteiger charge is -2.19. The number of hydrogen-bond donors (Lipinski definition) is 1. The molecule has 0 radical (unpaired) electrons. The molecule has 2 aromatic rings. The Kier molecular flexibility index (Phi) is 5.94. The van der Waals surface area contributed by atoms with E-state index in [-0.39, 0.29) is 11.9 Å². The highest BCUT2D eigenvalue weighted by Crippen LogP contribution is 2.24. The SMILES string of the molecule is CCNC(CCCc1ccccc1)c1cccc(C)c1F. The second kappa shape index (κ2) is 7.94. The first-order valence-electron chi connectivity index (χ1n) is 7.74. The zero-order valence-electron chi connectivity index (χ0n) is 12.9. The first kappa shape index (κ1) is 15.7. The first-order valence-corrected chi connectivity index (χ1v) is 7.74. The third-order valence-electron chi connectivity index (χ3n) is 3.85. The highest BCUT2D eigenvalue weighted by molar-refractivity contribution is 5.27. The Hall–Kier alpha value is -1.67. The zero-order valence-corrected chi connectivity index (χ0v) is 12.9. The fraction of sp³-hybridized carbons (Fsp3) is 0.368. The summed E-state index contributed by atoms with van der Waals surface area (Å²) in [5.41, 5.74) is 2.86. The highest BCUT2D eigenvalue weighted by atomic mass is 19.1. The quantitative estimate of drug-likeness (QED) is 0.770. The van der Waals surface area contributed by atoms with Gasteiger partial charge in [0.1, 0.15) is 5.82 Å². The van der Waals surface area contributed by atoms with Crippen molar-refractivity contribution in [1.82, 2.24) is 5.32 Å². The Morgan fingerprint density at radius 2 is 1.81 bits per heavy atom. The molecule has 2 aromatic carbocycles. The maximum atomic E-state index is 14.3. The van der Waals surface area contributed by atoms with Crippen molar-refractivity contribution in [3.63, 3.8) is 0 Å². The van der Waals surface area contributed by atoms with Crippen molar-refractivity contribution in [2.24, 2.45) is 0 Å². The largest absolute Gasteiger partial charge is 0.310 e. The maximum Gasteiger partial charge on any atom is 0.130 e. The summed E-state index contributed by atoms with van der Waals surface area (Å²) in [7, 11) is 0. The lowest BCUT2D eigenvalue weighted by atomic mass is 9.97. The van der Waals surface area contributed by atoms with Crippen molar-refractivity contribution in [2.45, 2.75) is 39.2 Å². The van der Waals surface area contributed by atoms with E-state index in [0.717, 1.165) is 36.9 Å². The minimum Gasteiger partial charge on any atom is -0.310 e. The van der Waals surface area contributed by atoms with Gasteiger partial charge in [-0.3, -0.25) is 0 Å². The molecule has 0 saturated heterocycles. The first-order chi connectivity index (χ1) is 10.2. The number of nitrogens with one attached hydrogen (secondary N) is 1. The molecule has 0 heterocycles. The van der Waals surface area contributed by atoms with E-state index < -0.39 is 0 Å². The Morgan fingerprint density at radius 1 is 1.05 bits per heavy atom. The molecule has 112 valence electrons. The number of rotatable bonds is 7. The number of aryl methyl sites for hydroxylation is 2. The van der Waals surface area contributed by atoms with Crippen LogP contribution in [0.1, 0.15) is 42.5 Å². The summed E-state index contributed by atoms with van der Waals surface area (Å²) in [6.45, 7) is 4.74. The molecule has 1 N–H and O–H groups in total. The van der Waals surface area contributed by atoms with Crippen LogP contribution in [0.25, 0.3) is 0 Å². The lowest BCUT2D eigenvalue weighted by molar-refractivity contribution is 0.471. The topological polar surface area (TPSA) is 12.0 Å². The Labute approximate surface area is 127 Å². The van der Waals surface area contributed by atoms with Crippen LogP contribution in [0.5, 0.6) is 0 Å². The van der Waals surface area contributed by atoms with E-state index in [2.05, 4.69) is 36.5 Å². The van der Waals surface area contributed by atoms with E-state index in [1.54, 1.807) is 0 Å². The molecule has 2 heteroatoms. The van der Waals surface area contributed by atoms with Gasteiger partial charge in [0.15, 0.2) is 0 Å². The predicted octanol–water partition coefficient (Wildman–Crippen LogP) is 4.81. The normalized spacial score (nSPS) is 12.3. The molecule has 1 atom stereocenters. The summed E-state index contributed by atoms with van der Waals surface area (Å²) in [6.07, 6.45) is 3.04. The highest BCUT2D eigenvalue weighted by Gasteiger charge is 2.15. The van der Waals surface area contributed by atoms with Crippen molar-refractivity contribution in [1.29, 1.82) is 0 Å². The van der Waals surface area contributed by atoms with Crippen molar-refractivity contribution < 1.29 is 4.39 Å². The molecular weight excluding hydrogens is 261 g/mol. The van der Waals surface area contributed by atoms with E-state index in [9.17, 15) is 4.39 Å². The van der Waals surface area contributed by atoms with Gasteiger partial charge in [-0.05, 0) is 43.9 Å². The van der Waals surface area contributed by atoms with Crippen molar-refractivity contribution >= 4 is 0 Å². The van der Waals surface area contributed by atoms with Gasteiger partial charge in [-0.1, -0.05) is 55.5 Å². The van der Waals surface area contributed by atoms with Gasteiger partial charge in [-0.15, -0.1) is 0 Å². The summed E-state index contributed by atoms with van der Waals surface area (Å²) in [6, 6.07) is 16.2. The van der Waals surface area contributed by atoms with Gasteiger partial charge in [-0.2, -0.15) is 0 Å². The van der Waals surface area contributed by atoms with E-state index in [4.69, 9.17) is 0 Å². The van der Waals surface area contributed by atoms with Gasteiger partial charge in [0, 0.05) is 11.6 Å². The van der Waals surface area contributed by atoms with Crippen LogP contribution < -0.4 is 5.32 Å². The van der Waals surface area contributed by atoms with E-state index in [0.29, 0.717) is 0 Å². The molecule has 0 aromatic heterocycles. The Balaban J connectivity index is 2.00. The Morgan fingerprint density at radius 3 is 2.52 bits per heavy atom. The standard InChI is InChI=1S/C19H24FN/c1-3-21-18(17-13-7-9-15(2)19(17)20)14-8-12-16-10-5-4-6-11-16/h4-7,9-11,13,18,21H,3,8,12,14H2,1-2H3. The molecule has 0 spiro atoms. The monoisotopic (exact) mass is 285 g/mol. The van der Waals surface area contributed by atoms with Crippen LogP contribution in [0.4, 0.5) is 4.39 Å². The molecule has 1 unspecified atom stereocenters. The summed E-state index contributed by atoms with van der Waals surface area (Å²) in [5.74, 6) is -0.0665. The van der Waals surface area contributed by atoms with E-state index >= 15 is 0 Å². The average Bonchev–Trinajstić information content (AvgIpc) is 2.50. The molecular formula is C19H24FN. The van der Waals surface area contributed by atoms with Gasteiger partial charge in [0.05, 0.1) is 0 Å². The fourth-order valence-corrected chi connectivity index (χ4v) is 2.71. The van der Waals surface area contributed by atoms with Crippen LogP contribution in [0.2, 0.25) is 0 Å². The van der Waals surface area contributed by atoms with Crippen molar-refractivity contribution in [3.05, 3.63) is 71.0 Å². The van der Waals surface area contributed by atoms with Crippen LogP contribution in [-0.2, 0) is 6.42 Å². The summed E-state index contributed by atoms with van der Waals surface area (Å²) >= 11 is 0. The zero-order chi connectivity index (χ0) is 15.1. The van der Waals surface area contributed by atoms with Crippen LogP contribution in [0.15, 0.2) is 48.5 Å². The number of benzene rings is 2. The molecule has 0 fully saturated rings. The van der Waals surface area contributed by atoms with Crippen LogP contribution in [0.3, 0.4) is 0 Å². The molecule has 0 amide bonds. The minimum atomic E-state index is -0.0665. The molecule has 0 aliphatic rings. The van der Waals surface area contributed by atoms with Gasteiger partial charge in [0.25, 0.3) is 0 Å². The van der Waals surface area contributed by atoms with Crippen molar-refractivity contribution in [3.8, 4) is 0 Å². The average molecular weight is 285 g/mol. The summed E-state index contributed by atoms with van der Waals surface area (Å²) in [5, 5.41) is 3.41.